The van der Waals surface area contributed by atoms with E-state index < -0.39 is 0 Å². The second kappa shape index (κ2) is 9.09. The topological polar surface area (TPSA) is 0 Å². The van der Waals surface area contributed by atoms with Crippen molar-refractivity contribution < 1.29 is 51.4 Å². The maximum Gasteiger partial charge on any atom is 1.00 e. The van der Waals surface area contributed by atoms with Crippen molar-refractivity contribution in [1.29, 1.82) is 0 Å². The summed E-state index contributed by atoms with van der Waals surface area (Å²) in [4.78, 5) is 0.900. The Hall–Kier alpha value is -1.26. The Morgan fingerprint density at radius 2 is 0.769 bits per heavy atom. The summed E-state index contributed by atoms with van der Waals surface area (Å²) in [7, 11) is 0. The van der Waals surface area contributed by atoms with Crippen molar-refractivity contribution >= 4 is 12.6 Å². The van der Waals surface area contributed by atoms with Crippen molar-refractivity contribution in [3.8, 4) is 33.4 Å². The van der Waals surface area contributed by atoms with Gasteiger partial charge in [0.1, 0.15) is 0 Å². The van der Waals surface area contributed by atoms with Gasteiger partial charge in [-0.2, -0.15) is 4.90 Å². The molecule has 4 aromatic carbocycles. The largest absolute Gasteiger partial charge is 1.00 e. The van der Waals surface area contributed by atoms with E-state index in [2.05, 4.69) is 84.9 Å². The zero-order valence-corrected chi connectivity index (χ0v) is 18.7. The molecule has 0 radical (unpaired) electrons. The van der Waals surface area contributed by atoms with Crippen LogP contribution in [-0.4, -0.2) is 0 Å². The maximum atomic E-state index is 5.87. The predicted molar refractivity (Wildman–Crippen MR) is 108 cm³/mol. The van der Waals surface area contributed by atoms with Gasteiger partial charge < -0.3 is 12.6 Å². The van der Waals surface area contributed by atoms with Gasteiger partial charge in [0.25, 0.3) is 0 Å². The molecule has 0 saturated heterocycles. The monoisotopic (exact) mass is 376 g/mol. The molecule has 0 spiro atoms. The van der Waals surface area contributed by atoms with Crippen LogP contribution in [0.25, 0.3) is 33.4 Å². The first-order valence-electron chi connectivity index (χ1n) is 8.34. The van der Waals surface area contributed by atoms with E-state index in [0.717, 1.165) is 27.1 Å². The van der Waals surface area contributed by atoms with Crippen LogP contribution in [0.15, 0.2) is 108 Å². The van der Waals surface area contributed by atoms with Crippen molar-refractivity contribution in [3.63, 3.8) is 0 Å². The van der Waals surface area contributed by atoms with Gasteiger partial charge in [-0.15, -0.1) is 0 Å². The van der Waals surface area contributed by atoms with Gasteiger partial charge in [0, 0.05) is 0 Å². The molecule has 0 aromatic heterocycles. The van der Waals surface area contributed by atoms with Crippen molar-refractivity contribution in [2.45, 2.75) is 4.90 Å². The van der Waals surface area contributed by atoms with E-state index in [1.165, 1.54) is 11.1 Å². The van der Waals surface area contributed by atoms with Gasteiger partial charge in [0.15, 0.2) is 0 Å². The molecule has 0 saturated carbocycles. The molecule has 120 valence electrons. The standard InChI is InChI=1S/C24H18S.K/c25-24-22(19-12-6-2-7-13-19)16-21(18-10-4-1-5-11-18)17-23(24)20-14-8-3-9-15-20;/h1-17,25H;/q;+1/p-1. The van der Waals surface area contributed by atoms with Crippen LogP contribution in [0.1, 0.15) is 0 Å². The number of rotatable bonds is 3. The average Bonchev–Trinajstić information content (AvgIpc) is 2.70. The fourth-order valence-electron chi connectivity index (χ4n) is 3.09. The number of hydrogen-bond acceptors (Lipinski definition) is 1. The van der Waals surface area contributed by atoms with Crippen molar-refractivity contribution in [2.24, 2.45) is 0 Å². The minimum Gasteiger partial charge on any atom is -0.779 e. The third-order valence-electron chi connectivity index (χ3n) is 4.37. The average molecular weight is 377 g/mol. The Bertz CT molecular complexity index is 920. The van der Waals surface area contributed by atoms with E-state index in [1.807, 2.05) is 18.2 Å². The molecule has 2 heteroatoms. The molecule has 0 aliphatic rings. The Labute approximate surface area is 203 Å². The molecule has 0 nitrogen and oxygen atoms in total. The summed E-state index contributed by atoms with van der Waals surface area (Å²) in [6, 6.07) is 35.7. The van der Waals surface area contributed by atoms with Gasteiger partial charge in [-0.3, -0.25) is 0 Å². The summed E-state index contributed by atoms with van der Waals surface area (Å²) in [6.45, 7) is 0. The Kier molecular flexibility index (Phi) is 6.82. The van der Waals surface area contributed by atoms with E-state index in [-0.39, 0.29) is 51.4 Å². The normalized spacial score (nSPS) is 10.2. The first kappa shape index (κ1) is 19.5. The summed E-state index contributed by atoms with van der Waals surface area (Å²) in [5.74, 6) is 0. The Balaban J connectivity index is 0.00000196. The minimum absolute atomic E-state index is 0. The third kappa shape index (κ3) is 4.17. The quantitative estimate of drug-likeness (QED) is 0.389. The molecular weight excluding hydrogens is 359 g/mol. The minimum atomic E-state index is 0. The Morgan fingerprint density at radius 1 is 0.423 bits per heavy atom. The van der Waals surface area contributed by atoms with Crippen LogP contribution in [-0.2, 0) is 12.6 Å². The second-order valence-electron chi connectivity index (χ2n) is 6.00. The van der Waals surface area contributed by atoms with Crippen LogP contribution >= 0.6 is 0 Å². The molecule has 0 fully saturated rings. The number of benzene rings is 4. The zero-order valence-electron chi connectivity index (χ0n) is 14.7. The van der Waals surface area contributed by atoms with Crippen molar-refractivity contribution in [2.75, 3.05) is 0 Å². The SMILES string of the molecule is [K+].[S-]c1c(-c2ccccc2)cc(-c2ccccc2)cc1-c1ccccc1. The Morgan fingerprint density at radius 3 is 1.15 bits per heavy atom. The van der Waals surface area contributed by atoms with Gasteiger partial charge in [0.2, 0.25) is 0 Å². The summed E-state index contributed by atoms with van der Waals surface area (Å²) in [5, 5.41) is 0. The van der Waals surface area contributed by atoms with Gasteiger partial charge >= 0.3 is 51.4 Å². The maximum absolute atomic E-state index is 5.87. The summed E-state index contributed by atoms with van der Waals surface area (Å²) < 4.78 is 0. The van der Waals surface area contributed by atoms with Crippen molar-refractivity contribution in [3.05, 3.63) is 103 Å². The summed E-state index contributed by atoms with van der Waals surface area (Å²) >= 11 is 5.87. The molecule has 4 rings (SSSR count). The third-order valence-corrected chi connectivity index (χ3v) is 4.81. The zero-order chi connectivity index (χ0) is 17.1. The molecule has 0 atom stereocenters. The summed E-state index contributed by atoms with van der Waals surface area (Å²) in [6.07, 6.45) is 0. The van der Waals surface area contributed by atoms with E-state index in [0.29, 0.717) is 0 Å². The van der Waals surface area contributed by atoms with Crippen LogP contribution < -0.4 is 51.4 Å². The molecule has 0 aliphatic heterocycles. The van der Waals surface area contributed by atoms with Gasteiger partial charge in [0.05, 0.1) is 0 Å². The van der Waals surface area contributed by atoms with E-state index in [9.17, 15) is 0 Å². The molecular formula is C24H17KS. The second-order valence-corrected chi connectivity index (χ2v) is 6.41. The van der Waals surface area contributed by atoms with Crippen LogP contribution in [0.2, 0.25) is 0 Å². The predicted octanol–water partition coefficient (Wildman–Crippen LogP) is 3.60. The first-order chi connectivity index (χ1) is 12.3. The fourth-order valence-corrected chi connectivity index (χ4v) is 3.44. The molecule has 0 N–H and O–H groups in total. The van der Waals surface area contributed by atoms with Crippen LogP contribution in [0.4, 0.5) is 0 Å². The molecule has 4 aromatic rings. The van der Waals surface area contributed by atoms with Crippen LogP contribution in [0, 0.1) is 0 Å². The molecule has 26 heavy (non-hydrogen) atoms. The molecule has 0 unspecified atom stereocenters. The smallest absolute Gasteiger partial charge is 0.779 e. The van der Waals surface area contributed by atoms with E-state index in [1.54, 1.807) is 0 Å². The fraction of sp³-hybridized carbons (Fsp3) is 0. The number of hydrogen-bond donors (Lipinski definition) is 0. The van der Waals surface area contributed by atoms with Gasteiger partial charge in [-0.05, 0) is 45.5 Å². The summed E-state index contributed by atoms with van der Waals surface area (Å²) in [5.41, 5.74) is 6.91. The van der Waals surface area contributed by atoms with Gasteiger partial charge in [-0.25, -0.2) is 0 Å². The van der Waals surface area contributed by atoms with Gasteiger partial charge in [-0.1, -0.05) is 91.0 Å². The molecule has 0 aliphatic carbocycles. The first-order valence-corrected chi connectivity index (χ1v) is 8.75. The van der Waals surface area contributed by atoms with Crippen molar-refractivity contribution in [1.82, 2.24) is 0 Å². The van der Waals surface area contributed by atoms with Crippen LogP contribution in [0.5, 0.6) is 0 Å². The van der Waals surface area contributed by atoms with E-state index >= 15 is 0 Å². The van der Waals surface area contributed by atoms with E-state index in [4.69, 9.17) is 12.6 Å². The van der Waals surface area contributed by atoms with Crippen LogP contribution in [0.3, 0.4) is 0 Å². The molecule has 0 amide bonds. The molecule has 0 bridgehead atoms. The molecule has 0 heterocycles.